The van der Waals surface area contributed by atoms with Crippen LogP contribution in [-0.2, 0) is 14.3 Å². The number of nitrogens with one attached hydrogen (secondary N) is 1. The molecular formula is C18H15ClN2O4. The number of hydrogen-bond donors (Lipinski definition) is 2. The van der Waals surface area contributed by atoms with Gasteiger partial charge in [0.1, 0.15) is 0 Å². The van der Waals surface area contributed by atoms with Crippen LogP contribution in [0.2, 0.25) is 5.02 Å². The molecule has 0 fully saturated rings. The fraction of sp³-hybridized carbons (Fsp3) is 0.0556. The molecule has 2 amide bonds. The number of carbonyl (C=O) groups excluding carboxylic acids is 3. The predicted molar refractivity (Wildman–Crippen MR) is 95.0 cm³/mol. The highest BCUT2D eigenvalue weighted by Crippen LogP contribution is 2.16. The summed E-state index contributed by atoms with van der Waals surface area (Å²) >= 11 is 5.96. The highest BCUT2D eigenvalue weighted by Gasteiger charge is 2.07. The summed E-state index contributed by atoms with van der Waals surface area (Å²) in [7, 11) is 0. The highest BCUT2D eigenvalue weighted by atomic mass is 35.5. The van der Waals surface area contributed by atoms with Gasteiger partial charge in [-0.2, -0.15) is 0 Å². The number of ether oxygens (including phenoxy) is 1. The summed E-state index contributed by atoms with van der Waals surface area (Å²) in [6, 6.07) is 13.0. The fourth-order valence-electron chi connectivity index (χ4n) is 1.87. The number of hydrogen-bond acceptors (Lipinski definition) is 4. The molecular weight excluding hydrogens is 344 g/mol. The van der Waals surface area contributed by atoms with Gasteiger partial charge < -0.3 is 15.8 Å². The second-order valence-corrected chi connectivity index (χ2v) is 5.36. The number of nitrogens with two attached hydrogens (primary N) is 1. The van der Waals surface area contributed by atoms with Crippen molar-refractivity contribution in [1.29, 1.82) is 0 Å². The van der Waals surface area contributed by atoms with E-state index in [9.17, 15) is 14.4 Å². The van der Waals surface area contributed by atoms with Crippen LogP contribution in [-0.4, -0.2) is 24.4 Å². The van der Waals surface area contributed by atoms with Crippen LogP contribution in [0.4, 0.5) is 5.69 Å². The second-order valence-electron chi connectivity index (χ2n) is 4.95. The number of esters is 1. The molecule has 0 heterocycles. The van der Waals surface area contributed by atoms with Gasteiger partial charge in [-0.25, -0.2) is 4.79 Å². The minimum atomic E-state index is -0.667. The van der Waals surface area contributed by atoms with Crippen molar-refractivity contribution in [3.8, 4) is 0 Å². The number of anilines is 1. The lowest BCUT2D eigenvalue weighted by Crippen LogP contribution is -2.20. The van der Waals surface area contributed by atoms with E-state index in [1.165, 1.54) is 36.4 Å². The summed E-state index contributed by atoms with van der Waals surface area (Å²) in [5.74, 6) is -1.73. The molecule has 25 heavy (non-hydrogen) atoms. The Kier molecular flexibility index (Phi) is 6.31. The minimum absolute atomic E-state index is 0.328. The molecule has 2 aromatic carbocycles. The van der Waals surface area contributed by atoms with Crippen molar-refractivity contribution in [3.63, 3.8) is 0 Å². The topological polar surface area (TPSA) is 98.5 Å². The predicted octanol–water partition coefficient (Wildman–Crippen LogP) is 2.63. The van der Waals surface area contributed by atoms with E-state index in [0.29, 0.717) is 21.8 Å². The lowest BCUT2D eigenvalue weighted by Gasteiger charge is -2.06. The number of amides is 2. The number of carbonyl (C=O) groups is 3. The molecule has 2 rings (SSSR count). The normalized spacial score (nSPS) is 10.4. The van der Waals surface area contributed by atoms with Crippen LogP contribution in [0.1, 0.15) is 15.9 Å². The van der Waals surface area contributed by atoms with Crippen molar-refractivity contribution < 1.29 is 19.1 Å². The first-order valence-corrected chi connectivity index (χ1v) is 7.62. The lowest BCUT2D eigenvalue weighted by molar-refractivity contribution is -0.142. The smallest absolute Gasteiger partial charge is 0.331 e. The van der Waals surface area contributed by atoms with Gasteiger partial charge in [-0.3, -0.25) is 9.59 Å². The molecule has 0 radical (unpaired) electrons. The first-order chi connectivity index (χ1) is 12.0. The first kappa shape index (κ1) is 18.2. The summed E-state index contributed by atoms with van der Waals surface area (Å²) in [5.41, 5.74) is 6.58. The average Bonchev–Trinajstić information content (AvgIpc) is 2.59. The van der Waals surface area contributed by atoms with Crippen molar-refractivity contribution in [2.24, 2.45) is 5.73 Å². The maximum atomic E-state index is 11.7. The molecule has 0 aliphatic rings. The van der Waals surface area contributed by atoms with Gasteiger partial charge in [-0.1, -0.05) is 29.8 Å². The molecule has 0 aliphatic heterocycles. The summed E-state index contributed by atoms with van der Waals surface area (Å²) in [6.45, 7) is -0.441. The van der Waals surface area contributed by atoms with Gasteiger partial charge in [-0.05, 0) is 42.0 Å². The molecule has 6 nitrogen and oxygen atoms in total. The third kappa shape index (κ3) is 5.78. The Labute approximate surface area is 149 Å². The van der Waals surface area contributed by atoms with E-state index < -0.39 is 24.4 Å². The van der Waals surface area contributed by atoms with E-state index >= 15 is 0 Å². The minimum Gasteiger partial charge on any atom is -0.452 e. The Morgan fingerprint density at radius 3 is 2.40 bits per heavy atom. The maximum Gasteiger partial charge on any atom is 0.331 e. The third-order valence-electron chi connectivity index (χ3n) is 3.10. The molecule has 0 aliphatic carbocycles. The molecule has 3 N–H and O–H groups in total. The number of rotatable bonds is 6. The van der Waals surface area contributed by atoms with Crippen molar-refractivity contribution in [2.75, 3.05) is 11.9 Å². The molecule has 0 saturated heterocycles. The maximum absolute atomic E-state index is 11.7. The Morgan fingerprint density at radius 2 is 1.76 bits per heavy atom. The van der Waals surface area contributed by atoms with Gasteiger partial charge in [0, 0.05) is 22.3 Å². The van der Waals surface area contributed by atoms with Crippen LogP contribution in [0.15, 0.2) is 54.6 Å². The van der Waals surface area contributed by atoms with Crippen LogP contribution < -0.4 is 11.1 Å². The molecule has 0 atom stereocenters. The molecule has 7 heteroatoms. The van der Waals surface area contributed by atoms with Crippen molar-refractivity contribution in [1.82, 2.24) is 0 Å². The van der Waals surface area contributed by atoms with Gasteiger partial charge in [0.15, 0.2) is 6.61 Å². The quantitative estimate of drug-likeness (QED) is 0.612. The van der Waals surface area contributed by atoms with Gasteiger partial charge in [0.05, 0.1) is 0 Å². The van der Waals surface area contributed by atoms with Gasteiger partial charge in [0.2, 0.25) is 5.91 Å². The summed E-state index contributed by atoms with van der Waals surface area (Å²) in [5, 5.41) is 3.04. The van der Waals surface area contributed by atoms with E-state index in [4.69, 9.17) is 22.1 Å². The Bertz CT molecular complexity index is 816. The molecule has 128 valence electrons. The van der Waals surface area contributed by atoms with Crippen LogP contribution in [0, 0.1) is 0 Å². The second kappa shape index (κ2) is 8.65. The average molecular weight is 359 g/mol. The monoisotopic (exact) mass is 358 g/mol. The molecule has 0 spiro atoms. The Hall–Kier alpha value is -3.12. The highest BCUT2D eigenvalue weighted by molar-refractivity contribution is 6.32. The van der Waals surface area contributed by atoms with Gasteiger partial charge >= 0.3 is 5.97 Å². The molecule has 0 unspecified atom stereocenters. The van der Waals surface area contributed by atoms with Crippen molar-refractivity contribution >= 4 is 41.1 Å². The first-order valence-electron chi connectivity index (χ1n) is 7.25. The van der Waals surface area contributed by atoms with Gasteiger partial charge in [-0.15, -0.1) is 0 Å². The van der Waals surface area contributed by atoms with E-state index in [-0.39, 0.29) is 0 Å². The molecule has 2 aromatic rings. The van der Waals surface area contributed by atoms with E-state index in [2.05, 4.69) is 5.32 Å². The van der Waals surface area contributed by atoms with Crippen molar-refractivity contribution in [2.45, 2.75) is 0 Å². The van der Waals surface area contributed by atoms with E-state index in [0.717, 1.165) is 0 Å². The molecule has 0 saturated carbocycles. The summed E-state index contributed by atoms with van der Waals surface area (Å²) in [4.78, 5) is 34.3. The lowest BCUT2D eigenvalue weighted by atomic mass is 10.2. The zero-order valence-electron chi connectivity index (χ0n) is 13.1. The Morgan fingerprint density at radius 1 is 1.08 bits per heavy atom. The van der Waals surface area contributed by atoms with Crippen molar-refractivity contribution in [3.05, 3.63) is 70.8 Å². The summed E-state index contributed by atoms with van der Waals surface area (Å²) in [6.07, 6.45) is 2.70. The SMILES string of the molecule is NC(=O)c1ccc(NC(=O)COC(=O)/C=C/c2ccccc2Cl)cc1. The molecule has 0 aromatic heterocycles. The van der Waals surface area contributed by atoms with Crippen LogP contribution >= 0.6 is 11.6 Å². The fourth-order valence-corrected chi connectivity index (χ4v) is 2.07. The number of halogens is 1. The van der Waals surface area contributed by atoms with E-state index in [1.54, 1.807) is 24.3 Å². The largest absolute Gasteiger partial charge is 0.452 e. The van der Waals surface area contributed by atoms with Gasteiger partial charge in [0.25, 0.3) is 5.91 Å². The van der Waals surface area contributed by atoms with Crippen LogP contribution in [0.5, 0.6) is 0 Å². The van der Waals surface area contributed by atoms with Crippen LogP contribution in [0.3, 0.4) is 0 Å². The zero-order chi connectivity index (χ0) is 18.2. The Balaban J connectivity index is 1.82. The molecule has 0 bridgehead atoms. The van der Waals surface area contributed by atoms with Crippen LogP contribution in [0.25, 0.3) is 6.08 Å². The third-order valence-corrected chi connectivity index (χ3v) is 3.45. The number of benzene rings is 2. The standard InChI is InChI=1S/C18H15ClN2O4/c19-15-4-2-1-3-12(15)7-10-17(23)25-11-16(22)21-14-8-5-13(6-9-14)18(20)24/h1-10H,11H2,(H2,20,24)(H,21,22)/b10-7+. The zero-order valence-corrected chi connectivity index (χ0v) is 13.8. The summed E-state index contributed by atoms with van der Waals surface area (Å²) < 4.78 is 4.84. The number of primary amides is 1. The van der Waals surface area contributed by atoms with E-state index in [1.807, 2.05) is 0 Å².